The second kappa shape index (κ2) is 11.0. The summed E-state index contributed by atoms with van der Waals surface area (Å²) in [4.78, 5) is 20.0. The zero-order valence-corrected chi connectivity index (χ0v) is 22.1. The first-order chi connectivity index (χ1) is 17.6. The number of pyridine rings is 1. The van der Waals surface area contributed by atoms with Crippen LogP contribution in [0.4, 0.5) is 5.69 Å². The Morgan fingerprint density at radius 1 is 0.946 bits per heavy atom. The average molecular weight is 536 g/mol. The summed E-state index contributed by atoms with van der Waals surface area (Å²) in [5.74, 6) is 0.240. The molecule has 0 aliphatic heterocycles. The zero-order valence-electron chi connectivity index (χ0n) is 20.6. The molecule has 0 aliphatic carbocycles. The molecule has 1 atom stereocenters. The second-order valence-electron chi connectivity index (χ2n) is 8.65. The van der Waals surface area contributed by atoms with Gasteiger partial charge >= 0.3 is 0 Å². The van der Waals surface area contributed by atoms with Gasteiger partial charge in [-0.2, -0.15) is 0 Å². The molecular weight excluding hydrogens is 510 g/mol. The Hall–Kier alpha value is -3.88. The summed E-state index contributed by atoms with van der Waals surface area (Å²) in [5.41, 5.74) is 2.76. The first-order valence-electron chi connectivity index (χ1n) is 11.4. The molecule has 0 spiro atoms. The molecule has 1 aromatic heterocycles. The average Bonchev–Trinajstić information content (AvgIpc) is 2.88. The number of amides is 1. The van der Waals surface area contributed by atoms with Crippen molar-refractivity contribution in [3.8, 4) is 11.6 Å². The lowest BCUT2D eigenvalue weighted by Crippen LogP contribution is -2.30. The Kier molecular flexibility index (Phi) is 7.80. The van der Waals surface area contributed by atoms with E-state index in [1.165, 1.54) is 0 Å². The number of hydrogen-bond donors (Lipinski definition) is 1. The van der Waals surface area contributed by atoms with E-state index < -0.39 is 21.8 Å². The molecule has 37 heavy (non-hydrogen) atoms. The maximum absolute atomic E-state index is 13.6. The Labute approximate surface area is 221 Å². The second-order valence-corrected chi connectivity index (χ2v) is 11.1. The van der Waals surface area contributed by atoms with Gasteiger partial charge in [-0.3, -0.25) is 4.79 Å². The molecule has 9 heteroatoms. The van der Waals surface area contributed by atoms with Gasteiger partial charge in [0.2, 0.25) is 5.88 Å². The number of aromatic nitrogens is 1. The van der Waals surface area contributed by atoms with E-state index in [2.05, 4.69) is 10.3 Å². The van der Waals surface area contributed by atoms with Crippen LogP contribution in [0.5, 0.6) is 11.6 Å². The van der Waals surface area contributed by atoms with Crippen molar-refractivity contribution in [2.24, 2.45) is 0 Å². The Balaban J connectivity index is 1.70. The van der Waals surface area contributed by atoms with Gasteiger partial charge in [-0.25, -0.2) is 13.4 Å². The number of carbonyl (C=O) groups is 1. The first-order valence-corrected chi connectivity index (χ1v) is 13.7. The summed E-state index contributed by atoms with van der Waals surface area (Å²) in [7, 11) is 0.509. The van der Waals surface area contributed by atoms with Gasteiger partial charge in [0.05, 0.1) is 10.9 Å². The Bertz CT molecular complexity index is 1510. The predicted molar refractivity (Wildman–Crippen MR) is 145 cm³/mol. The van der Waals surface area contributed by atoms with Gasteiger partial charge in [0.25, 0.3) is 5.91 Å². The quantitative estimate of drug-likeness (QED) is 0.320. The molecule has 1 heterocycles. The molecule has 4 rings (SSSR count). The van der Waals surface area contributed by atoms with Gasteiger partial charge in [0.1, 0.15) is 11.3 Å². The summed E-state index contributed by atoms with van der Waals surface area (Å²) in [6, 6.07) is 23.7. The lowest BCUT2D eigenvalue weighted by Gasteiger charge is -2.22. The molecule has 4 aromatic rings. The predicted octanol–water partition coefficient (Wildman–Crippen LogP) is 5.52. The van der Waals surface area contributed by atoms with Gasteiger partial charge in [-0.05, 0) is 71.8 Å². The van der Waals surface area contributed by atoms with E-state index in [1.54, 1.807) is 66.9 Å². The Morgan fingerprint density at radius 2 is 1.65 bits per heavy atom. The van der Waals surface area contributed by atoms with Crippen molar-refractivity contribution >= 4 is 33.0 Å². The number of hydrogen-bond acceptors (Lipinski definition) is 6. The van der Waals surface area contributed by atoms with Crippen molar-refractivity contribution in [3.63, 3.8) is 0 Å². The molecule has 3 aromatic carbocycles. The van der Waals surface area contributed by atoms with Crippen LogP contribution in [-0.2, 0) is 9.84 Å². The largest absolute Gasteiger partial charge is 0.438 e. The standard InChI is InChI=1S/C28H26ClN3O4S/c1-32(2)22-7-4-6-20(18-22)26(19-9-15-24(16-10-19)37(3,34)35)31-27(33)25-8-5-17-30-28(25)36-23-13-11-21(29)12-14-23/h4-18,26H,1-3H3,(H,31,33). The molecule has 0 saturated carbocycles. The third kappa shape index (κ3) is 6.47. The van der Waals surface area contributed by atoms with Crippen LogP contribution in [0, 0.1) is 0 Å². The van der Waals surface area contributed by atoms with Crippen LogP contribution >= 0.6 is 11.6 Å². The molecule has 190 valence electrons. The topological polar surface area (TPSA) is 88.6 Å². The molecule has 0 bridgehead atoms. The first kappa shape index (κ1) is 26.2. The molecule has 0 saturated heterocycles. The highest BCUT2D eigenvalue weighted by molar-refractivity contribution is 7.90. The molecule has 0 aliphatic rings. The van der Waals surface area contributed by atoms with Gasteiger partial charge in [-0.15, -0.1) is 0 Å². The lowest BCUT2D eigenvalue weighted by atomic mass is 9.97. The van der Waals surface area contributed by atoms with E-state index in [0.29, 0.717) is 10.8 Å². The van der Waals surface area contributed by atoms with Gasteiger partial charge in [-0.1, -0.05) is 35.9 Å². The van der Waals surface area contributed by atoms with Crippen molar-refractivity contribution in [2.45, 2.75) is 10.9 Å². The molecule has 0 radical (unpaired) electrons. The number of halogens is 1. The zero-order chi connectivity index (χ0) is 26.6. The van der Waals surface area contributed by atoms with Crippen LogP contribution < -0.4 is 15.0 Å². The maximum Gasteiger partial charge on any atom is 0.257 e. The van der Waals surface area contributed by atoms with Crippen molar-refractivity contribution in [2.75, 3.05) is 25.3 Å². The van der Waals surface area contributed by atoms with Crippen molar-refractivity contribution in [1.82, 2.24) is 10.3 Å². The van der Waals surface area contributed by atoms with Crippen LogP contribution in [0.3, 0.4) is 0 Å². The summed E-state index contributed by atoms with van der Waals surface area (Å²) >= 11 is 5.96. The number of carbonyl (C=O) groups excluding carboxylic acids is 1. The van der Waals surface area contributed by atoms with E-state index in [-0.39, 0.29) is 16.3 Å². The van der Waals surface area contributed by atoms with Gasteiger partial charge < -0.3 is 15.0 Å². The van der Waals surface area contributed by atoms with Crippen molar-refractivity contribution in [1.29, 1.82) is 0 Å². The monoisotopic (exact) mass is 535 g/mol. The number of sulfone groups is 1. The summed E-state index contributed by atoms with van der Waals surface area (Å²) in [5, 5.41) is 3.64. The van der Waals surface area contributed by atoms with Gasteiger partial charge in [0.15, 0.2) is 9.84 Å². The fourth-order valence-corrected chi connectivity index (χ4v) is 4.47. The van der Waals surface area contributed by atoms with E-state index >= 15 is 0 Å². The maximum atomic E-state index is 13.6. The van der Waals surface area contributed by atoms with E-state index in [1.807, 2.05) is 43.3 Å². The molecule has 1 N–H and O–H groups in total. The van der Waals surface area contributed by atoms with E-state index in [0.717, 1.165) is 23.1 Å². The van der Waals surface area contributed by atoms with Crippen molar-refractivity contribution in [3.05, 3.63) is 113 Å². The number of nitrogens with one attached hydrogen (secondary N) is 1. The SMILES string of the molecule is CN(C)c1cccc(C(NC(=O)c2cccnc2Oc2ccc(Cl)cc2)c2ccc(S(C)(=O)=O)cc2)c1. The van der Waals surface area contributed by atoms with Gasteiger partial charge in [0, 0.05) is 37.3 Å². The normalized spacial score (nSPS) is 12.0. The third-order valence-electron chi connectivity index (χ3n) is 5.68. The van der Waals surface area contributed by atoms with Crippen LogP contribution in [-0.4, -0.2) is 39.7 Å². The summed E-state index contributed by atoms with van der Waals surface area (Å²) in [6.07, 6.45) is 2.70. The van der Waals surface area contributed by atoms with Crippen LogP contribution in [0.15, 0.2) is 96.0 Å². The number of rotatable bonds is 8. The Morgan fingerprint density at radius 3 is 2.30 bits per heavy atom. The van der Waals surface area contributed by atoms with Crippen LogP contribution in [0.2, 0.25) is 5.02 Å². The molecule has 1 amide bonds. The minimum Gasteiger partial charge on any atom is -0.438 e. The van der Waals surface area contributed by atoms with E-state index in [4.69, 9.17) is 16.3 Å². The lowest BCUT2D eigenvalue weighted by molar-refractivity contribution is 0.0940. The number of anilines is 1. The summed E-state index contributed by atoms with van der Waals surface area (Å²) < 4.78 is 29.8. The smallest absolute Gasteiger partial charge is 0.257 e. The molecular formula is C28H26ClN3O4S. The van der Waals surface area contributed by atoms with Crippen molar-refractivity contribution < 1.29 is 17.9 Å². The molecule has 7 nitrogen and oxygen atoms in total. The fourth-order valence-electron chi connectivity index (χ4n) is 3.72. The minimum atomic E-state index is -3.36. The number of nitrogens with zero attached hydrogens (tertiary/aromatic N) is 2. The number of benzene rings is 3. The minimum absolute atomic E-state index is 0.149. The van der Waals surface area contributed by atoms with Crippen LogP contribution in [0.1, 0.15) is 27.5 Å². The van der Waals surface area contributed by atoms with Crippen LogP contribution in [0.25, 0.3) is 0 Å². The highest BCUT2D eigenvalue weighted by Crippen LogP contribution is 2.29. The highest BCUT2D eigenvalue weighted by Gasteiger charge is 2.22. The van der Waals surface area contributed by atoms with E-state index in [9.17, 15) is 13.2 Å². The molecule has 1 unspecified atom stereocenters. The fraction of sp³-hybridized carbons (Fsp3) is 0.143. The molecule has 0 fully saturated rings. The number of ether oxygens (including phenoxy) is 1. The third-order valence-corrected chi connectivity index (χ3v) is 7.06. The summed E-state index contributed by atoms with van der Waals surface area (Å²) in [6.45, 7) is 0. The highest BCUT2D eigenvalue weighted by atomic mass is 35.5.